The van der Waals surface area contributed by atoms with Crippen LogP contribution in [0.3, 0.4) is 0 Å². The molecule has 3 nitrogen and oxygen atoms in total. The standard InChI is InChI=1S/C17H23NO2/c19-17(10-9-14-7-4-8-14)18-13-20-12-16(18)11-15-5-2-1-3-6-15/h1-3,5-6,14,16H,4,7-13H2/t16-/m1/s1. The van der Waals surface area contributed by atoms with Gasteiger partial charge in [0.1, 0.15) is 6.73 Å². The van der Waals surface area contributed by atoms with Crippen molar-refractivity contribution in [3.8, 4) is 0 Å². The van der Waals surface area contributed by atoms with Crippen molar-refractivity contribution in [2.45, 2.75) is 44.6 Å². The van der Waals surface area contributed by atoms with Crippen molar-refractivity contribution >= 4 is 5.91 Å². The van der Waals surface area contributed by atoms with Gasteiger partial charge in [0, 0.05) is 6.42 Å². The average molecular weight is 273 g/mol. The second-order valence-electron chi connectivity index (χ2n) is 6.04. The fourth-order valence-corrected chi connectivity index (χ4v) is 3.07. The van der Waals surface area contributed by atoms with E-state index in [0.717, 1.165) is 18.8 Å². The van der Waals surface area contributed by atoms with Crippen LogP contribution in [-0.4, -0.2) is 30.2 Å². The summed E-state index contributed by atoms with van der Waals surface area (Å²) in [5, 5.41) is 0. The number of hydrogen-bond donors (Lipinski definition) is 0. The number of carbonyl (C=O) groups excluding carboxylic acids is 1. The van der Waals surface area contributed by atoms with E-state index in [-0.39, 0.29) is 11.9 Å². The van der Waals surface area contributed by atoms with Gasteiger partial charge in [0.05, 0.1) is 12.6 Å². The summed E-state index contributed by atoms with van der Waals surface area (Å²) in [6, 6.07) is 10.6. The molecule has 1 aromatic rings. The lowest BCUT2D eigenvalue weighted by Crippen LogP contribution is -2.38. The van der Waals surface area contributed by atoms with Gasteiger partial charge in [0.25, 0.3) is 0 Å². The Morgan fingerprint density at radius 3 is 2.75 bits per heavy atom. The number of hydrogen-bond acceptors (Lipinski definition) is 2. The first-order valence-electron chi connectivity index (χ1n) is 7.74. The molecule has 0 aromatic heterocycles. The molecule has 1 atom stereocenters. The van der Waals surface area contributed by atoms with E-state index in [4.69, 9.17) is 4.74 Å². The van der Waals surface area contributed by atoms with Gasteiger partial charge in [-0.2, -0.15) is 0 Å². The van der Waals surface area contributed by atoms with E-state index in [2.05, 4.69) is 12.1 Å². The molecule has 1 aliphatic carbocycles. The lowest BCUT2D eigenvalue weighted by atomic mass is 9.82. The molecular weight excluding hydrogens is 250 g/mol. The highest BCUT2D eigenvalue weighted by Gasteiger charge is 2.30. The maximum absolute atomic E-state index is 12.3. The largest absolute Gasteiger partial charge is 0.359 e. The van der Waals surface area contributed by atoms with Gasteiger partial charge in [0.2, 0.25) is 5.91 Å². The molecule has 0 radical (unpaired) electrons. The molecule has 1 aromatic carbocycles. The Hall–Kier alpha value is -1.35. The first-order chi connectivity index (χ1) is 9.83. The van der Waals surface area contributed by atoms with E-state index in [0.29, 0.717) is 19.8 Å². The van der Waals surface area contributed by atoms with E-state index < -0.39 is 0 Å². The zero-order valence-electron chi connectivity index (χ0n) is 12.0. The number of carbonyl (C=O) groups is 1. The molecule has 0 bridgehead atoms. The predicted molar refractivity (Wildman–Crippen MR) is 78.2 cm³/mol. The van der Waals surface area contributed by atoms with E-state index >= 15 is 0 Å². The smallest absolute Gasteiger partial charge is 0.224 e. The average Bonchev–Trinajstić information content (AvgIpc) is 2.86. The van der Waals surface area contributed by atoms with Gasteiger partial charge >= 0.3 is 0 Å². The molecule has 0 spiro atoms. The van der Waals surface area contributed by atoms with Crippen LogP contribution in [0.2, 0.25) is 0 Å². The second-order valence-corrected chi connectivity index (χ2v) is 6.04. The Balaban J connectivity index is 1.53. The Morgan fingerprint density at radius 1 is 1.25 bits per heavy atom. The molecule has 2 aliphatic rings. The van der Waals surface area contributed by atoms with E-state index in [9.17, 15) is 4.79 Å². The third-order valence-corrected chi connectivity index (χ3v) is 4.61. The molecule has 1 amide bonds. The van der Waals surface area contributed by atoms with Crippen LogP contribution in [0.1, 0.15) is 37.7 Å². The summed E-state index contributed by atoms with van der Waals surface area (Å²) >= 11 is 0. The van der Waals surface area contributed by atoms with Gasteiger partial charge in [-0.1, -0.05) is 49.6 Å². The summed E-state index contributed by atoms with van der Waals surface area (Å²) < 4.78 is 5.52. The van der Waals surface area contributed by atoms with Gasteiger partial charge in [-0.05, 0) is 24.3 Å². The van der Waals surface area contributed by atoms with Crippen molar-refractivity contribution in [2.75, 3.05) is 13.3 Å². The quantitative estimate of drug-likeness (QED) is 0.825. The highest BCUT2D eigenvalue weighted by molar-refractivity contribution is 5.76. The normalized spacial score (nSPS) is 22.8. The highest BCUT2D eigenvalue weighted by atomic mass is 16.5. The summed E-state index contributed by atoms with van der Waals surface area (Å²) in [5.74, 6) is 1.07. The number of amides is 1. The van der Waals surface area contributed by atoms with Crippen LogP contribution in [0, 0.1) is 5.92 Å². The number of rotatable bonds is 5. The van der Waals surface area contributed by atoms with Crippen molar-refractivity contribution < 1.29 is 9.53 Å². The van der Waals surface area contributed by atoms with Crippen LogP contribution in [-0.2, 0) is 16.0 Å². The molecule has 1 aliphatic heterocycles. The molecule has 3 heteroatoms. The minimum absolute atomic E-state index is 0.214. The third kappa shape index (κ3) is 3.21. The Bertz CT molecular complexity index is 442. The molecule has 0 unspecified atom stereocenters. The van der Waals surface area contributed by atoms with Crippen molar-refractivity contribution in [2.24, 2.45) is 5.92 Å². The van der Waals surface area contributed by atoms with Gasteiger partial charge < -0.3 is 9.64 Å². The van der Waals surface area contributed by atoms with Crippen LogP contribution in [0.25, 0.3) is 0 Å². The zero-order valence-corrected chi connectivity index (χ0v) is 12.0. The fourth-order valence-electron chi connectivity index (χ4n) is 3.07. The number of nitrogens with zero attached hydrogens (tertiary/aromatic N) is 1. The van der Waals surface area contributed by atoms with Crippen molar-refractivity contribution in [3.05, 3.63) is 35.9 Å². The van der Waals surface area contributed by atoms with E-state index in [1.807, 2.05) is 23.1 Å². The monoisotopic (exact) mass is 273 g/mol. The van der Waals surface area contributed by atoms with Crippen LogP contribution in [0.15, 0.2) is 30.3 Å². The van der Waals surface area contributed by atoms with E-state index in [1.165, 1.54) is 24.8 Å². The first kappa shape index (κ1) is 13.6. The Kier molecular flexibility index (Phi) is 4.36. The molecule has 3 rings (SSSR count). The van der Waals surface area contributed by atoms with Crippen LogP contribution in [0.5, 0.6) is 0 Å². The topological polar surface area (TPSA) is 29.5 Å². The molecule has 1 heterocycles. The Labute approximate surface area is 120 Å². The SMILES string of the molecule is O=C(CCC1CCC1)N1COC[C@H]1Cc1ccccc1. The number of benzene rings is 1. The summed E-state index contributed by atoms with van der Waals surface area (Å²) in [4.78, 5) is 14.3. The van der Waals surface area contributed by atoms with Gasteiger partial charge in [-0.25, -0.2) is 0 Å². The van der Waals surface area contributed by atoms with Gasteiger partial charge in [-0.3, -0.25) is 4.79 Å². The van der Waals surface area contributed by atoms with Crippen molar-refractivity contribution in [1.29, 1.82) is 0 Å². The first-order valence-corrected chi connectivity index (χ1v) is 7.74. The second kappa shape index (κ2) is 6.40. The van der Waals surface area contributed by atoms with Crippen LogP contribution >= 0.6 is 0 Å². The lowest BCUT2D eigenvalue weighted by Gasteiger charge is -2.27. The highest BCUT2D eigenvalue weighted by Crippen LogP contribution is 2.31. The summed E-state index contributed by atoms with van der Waals surface area (Å²) in [7, 11) is 0. The van der Waals surface area contributed by atoms with Crippen molar-refractivity contribution in [1.82, 2.24) is 4.90 Å². The predicted octanol–water partition coefficient (Wildman–Crippen LogP) is 2.99. The maximum atomic E-state index is 12.3. The number of ether oxygens (including phenoxy) is 1. The third-order valence-electron chi connectivity index (χ3n) is 4.61. The van der Waals surface area contributed by atoms with Gasteiger partial charge in [-0.15, -0.1) is 0 Å². The molecular formula is C17H23NO2. The summed E-state index contributed by atoms with van der Waals surface area (Å²) in [5.41, 5.74) is 1.28. The van der Waals surface area contributed by atoms with Crippen molar-refractivity contribution in [3.63, 3.8) is 0 Å². The summed E-state index contributed by atoms with van der Waals surface area (Å²) in [6.45, 7) is 1.14. The molecule has 2 fully saturated rings. The summed E-state index contributed by atoms with van der Waals surface area (Å²) in [6.07, 6.45) is 6.64. The molecule has 20 heavy (non-hydrogen) atoms. The van der Waals surface area contributed by atoms with E-state index in [1.54, 1.807) is 0 Å². The Morgan fingerprint density at radius 2 is 2.05 bits per heavy atom. The van der Waals surface area contributed by atoms with Gasteiger partial charge in [0.15, 0.2) is 0 Å². The molecule has 1 saturated heterocycles. The molecule has 1 saturated carbocycles. The maximum Gasteiger partial charge on any atom is 0.224 e. The molecule has 0 N–H and O–H groups in total. The fraction of sp³-hybridized carbons (Fsp3) is 0.588. The van der Waals surface area contributed by atoms with Crippen LogP contribution in [0.4, 0.5) is 0 Å². The minimum atomic E-state index is 0.214. The minimum Gasteiger partial charge on any atom is -0.359 e. The lowest BCUT2D eigenvalue weighted by molar-refractivity contribution is -0.133. The van der Waals surface area contributed by atoms with Crippen LogP contribution < -0.4 is 0 Å². The molecule has 108 valence electrons. The zero-order chi connectivity index (χ0) is 13.8.